The first-order valence-corrected chi connectivity index (χ1v) is 6.12. The Morgan fingerprint density at radius 3 is 2.63 bits per heavy atom. The lowest BCUT2D eigenvalue weighted by molar-refractivity contribution is 0.174. The fourth-order valence-corrected chi connectivity index (χ4v) is 2.07. The van der Waals surface area contributed by atoms with Crippen LogP contribution in [0.25, 0.3) is 0 Å². The van der Waals surface area contributed by atoms with Crippen LogP contribution in [0.4, 0.5) is 5.69 Å². The molecule has 0 saturated heterocycles. The van der Waals surface area contributed by atoms with Crippen LogP contribution in [0.2, 0.25) is 0 Å². The molecule has 19 heavy (non-hydrogen) atoms. The van der Waals surface area contributed by atoms with Crippen LogP contribution in [0.3, 0.4) is 0 Å². The summed E-state index contributed by atoms with van der Waals surface area (Å²) in [4.78, 5) is 1.97. The topological polar surface area (TPSA) is 21.7 Å². The Morgan fingerprint density at radius 2 is 1.84 bits per heavy atom. The molecule has 0 fully saturated rings. The Bertz CT molecular complexity index is 563. The molecule has 0 aromatic heterocycles. The Kier molecular flexibility index (Phi) is 3.36. The molecule has 0 aliphatic carbocycles. The molecule has 0 atom stereocenters. The van der Waals surface area contributed by atoms with Gasteiger partial charge in [0.15, 0.2) is 18.8 Å². The minimum atomic E-state index is 0.282. The van der Waals surface area contributed by atoms with Gasteiger partial charge in [-0.05, 0) is 17.7 Å². The van der Waals surface area contributed by atoms with Gasteiger partial charge in [0.2, 0.25) is 6.79 Å². The van der Waals surface area contributed by atoms with E-state index in [2.05, 4.69) is 12.1 Å². The van der Waals surface area contributed by atoms with E-state index in [-0.39, 0.29) is 6.79 Å². The lowest BCUT2D eigenvalue weighted by atomic mass is 9.64. The van der Waals surface area contributed by atoms with Crippen molar-refractivity contribution in [1.29, 1.82) is 0 Å². The van der Waals surface area contributed by atoms with Crippen LogP contribution in [-0.4, -0.2) is 21.8 Å². The van der Waals surface area contributed by atoms with Crippen molar-refractivity contribution < 1.29 is 9.47 Å². The van der Waals surface area contributed by atoms with Crippen molar-refractivity contribution >= 4 is 20.7 Å². The lowest BCUT2D eigenvalue weighted by Crippen LogP contribution is -2.27. The maximum absolute atomic E-state index is 5.73. The van der Waals surface area contributed by atoms with Crippen LogP contribution in [-0.2, 0) is 6.54 Å². The molecule has 1 aliphatic heterocycles. The molecule has 2 aromatic rings. The highest BCUT2D eigenvalue weighted by atomic mass is 16.7. The third-order valence-corrected chi connectivity index (χ3v) is 3.06. The van der Waals surface area contributed by atoms with Gasteiger partial charge in [0.1, 0.15) is 0 Å². The molecule has 3 radical (unpaired) electrons. The molecule has 0 unspecified atom stereocenters. The number of fused-ring (bicyclic) bond motifs is 1. The predicted octanol–water partition coefficient (Wildman–Crippen LogP) is 2.12. The van der Waals surface area contributed by atoms with Crippen molar-refractivity contribution in [1.82, 2.24) is 0 Å². The van der Waals surface area contributed by atoms with Crippen molar-refractivity contribution in [3.63, 3.8) is 0 Å². The van der Waals surface area contributed by atoms with Gasteiger partial charge < -0.3 is 14.3 Å². The van der Waals surface area contributed by atoms with Gasteiger partial charge in [-0.3, -0.25) is 0 Å². The van der Waals surface area contributed by atoms with E-state index in [9.17, 15) is 0 Å². The van der Waals surface area contributed by atoms with Gasteiger partial charge in [0.05, 0.1) is 0 Å². The molecule has 0 saturated carbocycles. The summed E-state index contributed by atoms with van der Waals surface area (Å²) in [5, 5.41) is 0. The molecule has 2 aromatic carbocycles. The number of rotatable bonds is 4. The first kappa shape index (κ1) is 12.0. The van der Waals surface area contributed by atoms with Crippen molar-refractivity contribution in [3.05, 3.63) is 54.1 Å². The summed E-state index contributed by atoms with van der Waals surface area (Å²) in [6, 6.07) is 16.0. The largest absolute Gasteiger partial charge is 0.454 e. The van der Waals surface area contributed by atoms with Crippen molar-refractivity contribution in [3.8, 4) is 11.5 Å². The van der Waals surface area contributed by atoms with Crippen molar-refractivity contribution in [2.24, 2.45) is 0 Å². The molecule has 0 spiro atoms. The van der Waals surface area contributed by atoms with E-state index in [1.807, 2.05) is 41.2 Å². The average molecular weight is 248 g/mol. The summed E-state index contributed by atoms with van der Waals surface area (Å²) >= 11 is 0. The normalized spacial score (nSPS) is 12.2. The van der Waals surface area contributed by atoms with E-state index < -0.39 is 0 Å². The van der Waals surface area contributed by atoms with Crippen molar-refractivity contribution in [2.75, 3.05) is 11.6 Å². The standard InChI is InChI=1S/C14H12B2NO2/c15-16-17(9-11-4-2-1-3-5-11)12-6-7-13-14(8-12)19-10-18-13/h1-8H,9-10H2. The van der Waals surface area contributed by atoms with E-state index in [1.165, 1.54) is 5.56 Å². The monoisotopic (exact) mass is 248 g/mol. The first-order valence-electron chi connectivity index (χ1n) is 6.12. The molecule has 5 heteroatoms. The van der Waals surface area contributed by atoms with Gasteiger partial charge >= 0.3 is 0 Å². The SMILES string of the molecule is [B][B]N(Cc1ccccc1)c1ccc2c(c1)OCO2. The highest BCUT2D eigenvalue weighted by Gasteiger charge is 2.15. The molecule has 0 amide bonds. The second kappa shape index (κ2) is 5.31. The van der Waals surface area contributed by atoms with Crippen LogP contribution in [0.1, 0.15) is 5.56 Å². The quantitative estimate of drug-likeness (QED) is 0.773. The molecule has 91 valence electrons. The Balaban J connectivity index is 1.82. The summed E-state index contributed by atoms with van der Waals surface area (Å²) in [7, 11) is 7.30. The van der Waals surface area contributed by atoms with Crippen LogP contribution >= 0.6 is 0 Å². The van der Waals surface area contributed by atoms with Crippen LogP contribution in [0.5, 0.6) is 11.5 Å². The zero-order chi connectivity index (χ0) is 13.1. The second-order valence-electron chi connectivity index (χ2n) is 4.30. The number of hydrogen-bond donors (Lipinski definition) is 0. The zero-order valence-corrected chi connectivity index (χ0v) is 10.5. The number of hydrogen-bond acceptors (Lipinski definition) is 3. The van der Waals surface area contributed by atoms with Gasteiger partial charge in [-0.15, -0.1) is 0 Å². The first-order chi connectivity index (χ1) is 9.36. The van der Waals surface area contributed by atoms with E-state index in [1.54, 1.807) is 7.31 Å². The molecule has 0 bridgehead atoms. The van der Waals surface area contributed by atoms with E-state index in [4.69, 9.17) is 17.2 Å². The van der Waals surface area contributed by atoms with Crippen molar-refractivity contribution in [2.45, 2.75) is 6.54 Å². The Morgan fingerprint density at radius 1 is 1.05 bits per heavy atom. The molecule has 3 rings (SSSR count). The van der Waals surface area contributed by atoms with Gasteiger partial charge in [0, 0.05) is 26.0 Å². The Hall–Kier alpha value is -2.03. The number of nitrogens with zero attached hydrogens (tertiary/aromatic N) is 1. The summed E-state index contributed by atoms with van der Waals surface area (Å²) in [5.41, 5.74) is 2.18. The highest BCUT2D eigenvalue weighted by molar-refractivity contribution is 6.91. The van der Waals surface area contributed by atoms with Crippen LogP contribution in [0.15, 0.2) is 48.5 Å². The van der Waals surface area contributed by atoms with E-state index >= 15 is 0 Å². The number of anilines is 1. The smallest absolute Gasteiger partial charge is 0.231 e. The van der Waals surface area contributed by atoms with Crippen LogP contribution in [0, 0.1) is 0 Å². The third kappa shape index (κ3) is 2.55. The second-order valence-corrected chi connectivity index (χ2v) is 4.30. The molecule has 3 nitrogen and oxygen atoms in total. The Labute approximate surface area is 114 Å². The minimum absolute atomic E-state index is 0.282. The highest BCUT2D eigenvalue weighted by Crippen LogP contribution is 2.35. The lowest BCUT2D eigenvalue weighted by Gasteiger charge is -2.24. The summed E-state index contributed by atoms with van der Waals surface area (Å²) in [5.74, 6) is 1.54. The number of benzene rings is 2. The fraction of sp³-hybridized carbons (Fsp3) is 0.143. The molecule has 1 heterocycles. The van der Waals surface area contributed by atoms with Gasteiger partial charge in [-0.25, -0.2) is 0 Å². The fourth-order valence-electron chi connectivity index (χ4n) is 2.07. The zero-order valence-electron chi connectivity index (χ0n) is 10.5. The summed E-state index contributed by atoms with van der Waals surface area (Å²) in [6.07, 6.45) is 0. The minimum Gasteiger partial charge on any atom is -0.454 e. The van der Waals surface area contributed by atoms with Gasteiger partial charge in [0.25, 0.3) is 0 Å². The van der Waals surface area contributed by atoms with Crippen LogP contribution < -0.4 is 14.3 Å². The van der Waals surface area contributed by atoms with E-state index in [0.717, 1.165) is 23.7 Å². The summed E-state index contributed by atoms with van der Waals surface area (Å²) < 4.78 is 10.7. The molecule has 0 N–H and O–H groups in total. The third-order valence-electron chi connectivity index (χ3n) is 3.06. The van der Waals surface area contributed by atoms with Gasteiger partial charge in [-0.1, -0.05) is 30.3 Å². The maximum Gasteiger partial charge on any atom is 0.231 e. The predicted molar refractivity (Wildman–Crippen MR) is 76.7 cm³/mol. The molecule has 1 aliphatic rings. The number of ether oxygens (including phenoxy) is 2. The van der Waals surface area contributed by atoms with E-state index in [0.29, 0.717) is 0 Å². The maximum atomic E-state index is 5.73. The molecular formula is C14H12B2NO2. The average Bonchev–Trinajstić information content (AvgIpc) is 2.93. The molecular weight excluding hydrogens is 236 g/mol. The van der Waals surface area contributed by atoms with Gasteiger partial charge in [-0.2, -0.15) is 0 Å². The summed E-state index contributed by atoms with van der Waals surface area (Å²) in [6.45, 7) is 1.00.